The number of thioether (sulfide) groups is 1. The van der Waals surface area contributed by atoms with Crippen molar-refractivity contribution in [2.24, 2.45) is 0 Å². The molecule has 10 nitrogen and oxygen atoms in total. The van der Waals surface area contributed by atoms with Crippen LogP contribution in [-0.4, -0.2) is 91.3 Å². The van der Waals surface area contributed by atoms with E-state index in [9.17, 15) is 4.79 Å². The van der Waals surface area contributed by atoms with E-state index in [1.165, 1.54) is 25.2 Å². The zero-order valence-electron chi connectivity index (χ0n) is 15.8. The number of piperazine rings is 1. The van der Waals surface area contributed by atoms with Gasteiger partial charge in [0.2, 0.25) is 5.95 Å². The number of carbonyl (C=O) groups excluding carboxylic acids is 1. The van der Waals surface area contributed by atoms with Gasteiger partial charge in [-0.3, -0.25) is 4.79 Å². The molecule has 0 unspecified atom stereocenters. The van der Waals surface area contributed by atoms with E-state index in [1.54, 1.807) is 0 Å². The maximum Gasteiger partial charge on any atom is 0.316 e. The highest BCUT2D eigenvalue weighted by atomic mass is 32.2. The Morgan fingerprint density at radius 3 is 2.68 bits per heavy atom. The molecule has 2 aliphatic heterocycles. The molecule has 0 aliphatic carbocycles. The summed E-state index contributed by atoms with van der Waals surface area (Å²) in [4.78, 5) is 34.4. The minimum absolute atomic E-state index is 0.169. The Morgan fingerprint density at radius 1 is 1.14 bits per heavy atom. The van der Waals surface area contributed by atoms with Crippen LogP contribution in [0.25, 0.3) is 11.0 Å². The van der Waals surface area contributed by atoms with Gasteiger partial charge in [0.1, 0.15) is 22.4 Å². The predicted molar refractivity (Wildman–Crippen MR) is 106 cm³/mol. The number of hydrogen-bond donors (Lipinski definition) is 1. The molecule has 11 heteroatoms. The topological polar surface area (TPSA) is 106 Å². The monoisotopic (exact) mass is 405 g/mol. The average Bonchev–Trinajstić information content (AvgIpc) is 2.77. The molecule has 0 aromatic carbocycles. The Labute approximate surface area is 167 Å². The third-order valence-corrected chi connectivity index (χ3v) is 5.64. The lowest BCUT2D eigenvalue weighted by molar-refractivity contribution is -0.137. The number of nitrogens with one attached hydrogen (secondary N) is 1. The summed E-state index contributed by atoms with van der Waals surface area (Å²) < 4.78 is 10.2. The van der Waals surface area contributed by atoms with Crippen molar-refractivity contribution in [2.75, 3.05) is 75.1 Å². The third-order valence-electron chi connectivity index (χ3n) is 4.68. The zero-order valence-corrected chi connectivity index (χ0v) is 16.6. The molecule has 4 heterocycles. The molecule has 2 saturated heterocycles. The van der Waals surface area contributed by atoms with Gasteiger partial charge in [-0.05, 0) is 0 Å². The SMILES string of the molecule is COC(=O)CSc1ncnc2c(N3CCOCC3)nc(N3CCNCC3)nc12. The van der Waals surface area contributed by atoms with Crippen LogP contribution in [0.3, 0.4) is 0 Å². The number of carbonyl (C=O) groups is 1. The number of nitrogens with zero attached hydrogens (tertiary/aromatic N) is 6. The Kier molecular flexibility index (Phi) is 6.03. The van der Waals surface area contributed by atoms with Gasteiger partial charge in [-0.15, -0.1) is 0 Å². The number of rotatable bonds is 5. The molecule has 28 heavy (non-hydrogen) atoms. The molecule has 2 fully saturated rings. The summed E-state index contributed by atoms with van der Waals surface area (Å²) in [6, 6.07) is 0. The van der Waals surface area contributed by atoms with E-state index in [4.69, 9.17) is 19.4 Å². The smallest absolute Gasteiger partial charge is 0.316 e. The highest BCUT2D eigenvalue weighted by Gasteiger charge is 2.23. The second-order valence-corrected chi connectivity index (χ2v) is 7.39. The first-order valence-corrected chi connectivity index (χ1v) is 10.3. The van der Waals surface area contributed by atoms with Crippen LogP contribution >= 0.6 is 11.8 Å². The van der Waals surface area contributed by atoms with Gasteiger partial charge in [-0.2, -0.15) is 4.98 Å². The number of ether oxygens (including phenoxy) is 2. The van der Waals surface area contributed by atoms with Crippen molar-refractivity contribution in [1.29, 1.82) is 0 Å². The first-order chi connectivity index (χ1) is 13.8. The summed E-state index contributed by atoms with van der Waals surface area (Å²) in [5.74, 6) is 1.33. The van der Waals surface area contributed by atoms with Gasteiger partial charge >= 0.3 is 5.97 Å². The predicted octanol–water partition coefficient (Wildman–Crippen LogP) is -0.0689. The third kappa shape index (κ3) is 4.10. The Hall–Kier alpha value is -2.24. The summed E-state index contributed by atoms with van der Waals surface area (Å²) in [7, 11) is 1.38. The summed E-state index contributed by atoms with van der Waals surface area (Å²) in [6.07, 6.45) is 1.50. The lowest BCUT2D eigenvalue weighted by Crippen LogP contribution is -2.44. The van der Waals surface area contributed by atoms with Crippen molar-refractivity contribution in [2.45, 2.75) is 5.03 Å². The minimum Gasteiger partial charge on any atom is -0.468 e. The molecule has 4 rings (SSSR count). The average molecular weight is 405 g/mol. The van der Waals surface area contributed by atoms with Gasteiger partial charge in [0.25, 0.3) is 0 Å². The van der Waals surface area contributed by atoms with Gasteiger partial charge in [0.05, 0.1) is 26.1 Å². The molecular formula is C17H23N7O3S. The van der Waals surface area contributed by atoms with E-state index in [2.05, 4.69) is 25.1 Å². The highest BCUT2D eigenvalue weighted by molar-refractivity contribution is 8.00. The van der Waals surface area contributed by atoms with Crippen LogP contribution < -0.4 is 15.1 Å². The Bertz CT molecular complexity index is 841. The molecular weight excluding hydrogens is 382 g/mol. The molecule has 0 saturated carbocycles. The van der Waals surface area contributed by atoms with Crippen LogP contribution in [0, 0.1) is 0 Å². The second kappa shape index (κ2) is 8.84. The Morgan fingerprint density at radius 2 is 1.93 bits per heavy atom. The first kappa shape index (κ1) is 19.1. The molecule has 1 N–H and O–H groups in total. The van der Waals surface area contributed by atoms with E-state index >= 15 is 0 Å². The molecule has 0 radical (unpaired) electrons. The van der Waals surface area contributed by atoms with E-state index in [0.29, 0.717) is 35.2 Å². The van der Waals surface area contributed by atoms with E-state index in [0.717, 1.165) is 45.1 Å². The number of hydrogen-bond acceptors (Lipinski definition) is 11. The molecule has 2 aliphatic rings. The fourth-order valence-corrected chi connectivity index (χ4v) is 3.97. The van der Waals surface area contributed by atoms with Crippen LogP contribution in [0.15, 0.2) is 11.4 Å². The van der Waals surface area contributed by atoms with Crippen molar-refractivity contribution in [3.63, 3.8) is 0 Å². The van der Waals surface area contributed by atoms with Crippen LogP contribution in [-0.2, 0) is 14.3 Å². The fourth-order valence-electron chi connectivity index (χ4n) is 3.19. The van der Waals surface area contributed by atoms with E-state index in [-0.39, 0.29) is 11.7 Å². The molecule has 0 atom stereocenters. The Balaban J connectivity index is 1.77. The molecule has 2 aromatic rings. The van der Waals surface area contributed by atoms with Gasteiger partial charge in [0.15, 0.2) is 5.82 Å². The number of aromatic nitrogens is 4. The van der Waals surface area contributed by atoms with Crippen molar-refractivity contribution in [3.8, 4) is 0 Å². The van der Waals surface area contributed by atoms with Gasteiger partial charge in [0, 0.05) is 39.3 Å². The van der Waals surface area contributed by atoms with Gasteiger partial charge in [-0.25, -0.2) is 15.0 Å². The summed E-state index contributed by atoms with van der Waals surface area (Å²) in [6.45, 7) is 6.28. The summed E-state index contributed by atoms with van der Waals surface area (Å²) >= 11 is 1.30. The quantitative estimate of drug-likeness (QED) is 0.410. The van der Waals surface area contributed by atoms with Crippen LogP contribution in [0.2, 0.25) is 0 Å². The first-order valence-electron chi connectivity index (χ1n) is 9.27. The zero-order chi connectivity index (χ0) is 19.3. The van der Waals surface area contributed by atoms with E-state index in [1.807, 2.05) is 0 Å². The van der Waals surface area contributed by atoms with Crippen molar-refractivity contribution >= 4 is 40.5 Å². The maximum atomic E-state index is 11.6. The van der Waals surface area contributed by atoms with Gasteiger partial charge < -0.3 is 24.6 Å². The van der Waals surface area contributed by atoms with E-state index < -0.39 is 0 Å². The largest absolute Gasteiger partial charge is 0.468 e. The number of anilines is 2. The van der Waals surface area contributed by atoms with Crippen molar-refractivity contribution in [1.82, 2.24) is 25.3 Å². The molecule has 2 aromatic heterocycles. The minimum atomic E-state index is -0.304. The lowest BCUT2D eigenvalue weighted by Gasteiger charge is -2.31. The normalized spacial score (nSPS) is 17.8. The maximum absolute atomic E-state index is 11.6. The molecule has 0 amide bonds. The van der Waals surface area contributed by atoms with Gasteiger partial charge in [-0.1, -0.05) is 11.8 Å². The van der Waals surface area contributed by atoms with Crippen LogP contribution in [0.1, 0.15) is 0 Å². The van der Waals surface area contributed by atoms with Crippen LogP contribution in [0.4, 0.5) is 11.8 Å². The molecule has 0 bridgehead atoms. The standard InChI is InChI=1S/C17H23N7O3S/c1-26-12(25)10-28-16-14-13(19-11-20-16)15(23-6-8-27-9-7-23)22-17(21-14)24-4-2-18-3-5-24/h11,18H,2-10H2,1H3. The number of morpholine rings is 1. The van der Waals surface area contributed by atoms with Crippen molar-refractivity contribution < 1.29 is 14.3 Å². The number of methoxy groups -OCH3 is 1. The highest BCUT2D eigenvalue weighted by Crippen LogP contribution is 2.31. The van der Waals surface area contributed by atoms with Crippen LogP contribution in [0.5, 0.6) is 0 Å². The van der Waals surface area contributed by atoms with Crippen molar-refractivity contribution in [3.05, 3.63) is 6.33 Å². The number of esters is 1. The fraction of sp³-hybridized carbons (Fsp3) is 0.588. The molecule has 150 valence electrons. The lowest BCUT2D eigenvalue weighted by atomic mass is 10.3. The number of fused-ring (bicyclic) bond motifs is 1. The summed E-state index contributed by atoms with van der Waals surface area (Å²) in [5, 5.41) is 4.00. The molecule has 0 spiro atoms. The summed E-state index contributed by atoms with van der Waals surface area (Å²) in [5.41, 5.74) is 1.37. The second-order valence-electron chi connectivity index (χ2n) is 6.42.